The Morgan fingerprint density at radius 1 is 1.24 bits per heavy atom. The van der Waals surface area contributed by atoms with Crippen molar-refractivity contribution in [2.24, 2.45) is 5.73 Å². The molecule has 1 saturated heterocycles. The highest BCUT2D eigenvalue weighted by Crippen LogP contribution is 2.23. The van der Waals surface area contributed by atoms with Gasteiger partial charge in [-0.3, -0.25) is 14.3 Å². The van der Waals surface area contributed by atoms with Gasteiger partial charge in [0.05, 0.1) is 25.0 Å². The number of aromatic nitrogens is 5. The van der Waals surface area contributed by atoms with Crippen molar-refractivity contribution in [1.82, 2.24) is 24.3 Å². The van der Waals surface area contributed by atoms with Gasteiger partial charge in [-0.25, -0.2) is 9.67 Å². The molecule has 4 heterocycles. The van der Waals surface area contributed by atoms with Crippen LogP contribution in [0.15, 0.2) is 41.3 Å². The van der Waals surface area contributed by atoms with E-state index in [1.807, 2.05) is 35.8 Å². The first-order chi connectivity index (χ1) is 16.0. The van der Waals surface area contributed by atoms with Crippen molar-refractivity contribution in [3.63, 3.8) is 0 Å². The van der Waals surface area contributed by atoms with E-state index >= 15 is 0 Å². The minimum absolute atomic E-state index is 0.0970. The number of rotatable bonds is 4. The molecule has 0 spiro atoms. The lowest BCUT2D eigenvalue weighted by Crippen LogP contribution is -2.44. The van der Waals surface area contributed by atoms with Crippen LogP contribution in [0.5, 0.6) is 0 Å². The largest absolute Gasteiger partial charge is 0.341 e. The van der Waals surface area contributed by atoms with E-state index in [2.05, 4.69) is 27.9 Å². The van der Waals surface area contributed by atoms with Gasteiger partial charge in [0.15, 0.2) is 0 Å². The molecule has 1 aliphatic heterocycles. The lowest BCUT2D eigenvalue weighted by molar-refractivity contribution is 0.496. The minimum atomic E-state index is -0.196. The summed E-state index contributed by atoms with van der Waals surface area (Å²) >= 11 is 0. The fourth-order valence-electron chi connectivity index (χ4n) is 4.61. The van der Waals surface area contributed by atoms with Crippen LogP contribution in [0.1, 0.15) is 31.2 Å². The van der Waals surface area contributed by atoms with Crippen LogP contribution in [0, 0.1) is 18.8 Å². The first-order valence-electron chi connectivity index (χ1n) is 11.3. The number of imidazole rings is 1. The van der Waals surface area contributed by atoms with Gasteiger partial charge >= 0.3 is 0 Å². The van der Waals surface area contributed by atoms with E-state index < -0.39 is 0 Å². The minimum Gasteiger partial charge on any atom is -0.341 e. The fraction of sp³-hybridized carbons (Fsp3) is 0.360. The molecule has 0 unspecified atom stereocenters. The Hall–Kier alpha value is -3.70. The highest BCUT2D eigenvalue weighted by molar-refractivity contribution is 5.85. The van der Waals surface area contributed by atoms with Gasteiger partial charge in [0, 0.05) is 30.2 Å². The molecule has 33 heavy (non-hydrogen) atoms. The highest BCUT2D eigenvalue weighted by atomic mass is 16.1. The molecule has 0 bridgehead atoms. The van der Waals surface area contributed by atoms with Gasteiger partial charge in [-0.2, -0.15) is 5.10 Å². The van der Waals surface area contributed by atoms with Crippen LogP contribution in [-0.4, -0.2) is 43.4 Å². The third kappa shape index (κ3) is 3.96. The number of nitrogens with zero attached hydrogens (tertiary/aromatic N) is 6. The predicted octanol–water partition coefficient (Wildman–Crippen LogP) is 2.45. The summed E-state index contributed by atoms with van der Waals surface area (Å²) in [5, 5.41) is 6.56. The van der Waals surface area contributed by atoms with Gasteiger partial charge in [-0.05, 0) is 38.1 Å². The Morgan fingerprint density at radius 3 is 2.91 bits per heavy atom. The van der Waals surface area contributed by atoms with Gasteiger partial charge in [-0.1, -0.05) is 30.2 Å². The number of anilines is 1. The first-order valence-corrected chi connectivity index (χ1v) is 11.3. The van der Waals surface area contributed by atoms with Gasteiger partial charge < -0.3 is 10.6 Å². The molecular formula is C25H27N7O. The zero-order chi connectivity index (χ0) is 22.9. The van der Waals surface area contributed by atoms with Gasteiger partial charge in [-0.15, -0.1) is 5.92 Å². The van der Waals surface area contributed by atoms with E-state index in [1.54, 1.807) is 13.1 Å². The van der Waals surface area contributed by atoms with Crippen molar-refractivity contribution in [3.8, 4) is 11.8 Å². The SMILES string of the molecule is CC#CCn1c(N2CCC[C@@H](N)C2)nc2cnn(Cc3nc(C)cc4ccccc34)c(=O)c21. The van der Waals surface area contributed by atoms with Crippen LogP contribution in [0.3, 0.4) is 0 Å². The lowest BCUT2D eigenvalue weighted by atomic mass is 10.1. The van der Waals surface area contributed by atoms with Crippen LogP contribution >= 0.6 is 0 Å². The molecule has 1 aromatic carbocycles. The molecule has 3 aromatic heterocycles. The van der Waals surface area contributed by atoms with Gasteiger partial charge in [0.1, 0.15) is 11.0 Å². The molecule has 1 fully saturated rings. The molecule has 1 aliphatic rings. The van der Waals surface area contributed by atoms with Crippen molar-refractivity contribution in [2.75, 3.05) is 18.0 Å². The van der Waals surface area contributed by atoms with Crippen LogP contribution in [0.2, 0.25) is 0 Å². The second-order valence-electron chi connectivity index (χ2n) is 8.55. The first kappa shape index (κ1) is 21.2. The second-order valence-corrected chi connectivity index (χ2v) is 8.55. The Bertz CT molecular complexity index is 1460. The molecular weight excluding hydrogens is 414 g/mol. The van der Waals surface area contributed by atoms with E-state index in [0.717, 1.165) is 47.5 Å². The average Bonchev–Trinajstić information content (AvgIpc) is 3.18. The summed E-state index contributed by atoms with van der Waals surface area (Å²) < 4.78 is 3.38. The number of benzene rings is 1. The standard InChI is InChI=1S/C25H27N7O/c1-3-4-12-31-23-21(29-25(31)30-11-7-9-19(26)15-30)14-27-32(24(23)33)16-22-20-10-6-5-8-18(20)13-17(2)28-22/h5-6,8,10,13-14,19H,7,9,11-12,15-16,26H2,1-2H3/t19-/m1/s1. The highest BCUT2D eigenvalue weighted by Gasteiger charge is 2.24. The van der Waals surface area contributed by atoms with E-state index in [9.17, 15) is 4.79 Å². The summed E-state index contributed by atoms with van der Waals surface area (Å²) in [6, 6.07) is 10.2. The number of piperidine rings is 1. The summed E-state index contributed by atoms with van der Waals surface area (Å²) in [6.45, 7) is 6.00. The zero-order valence-electron chi connectivity index (χ0n) is 19.0. The monoisotopic (exact) mass is 441 g/mol. The number of pyridine rings is 1. The molecule has 5 rings (SSSR count). The molecule has 2 N–H and O–H groups in total. The van der Waals surface area contributed by atoms with Crippen molar-refractivity contribution in [2.45, 2.75) is 45.8 Å². The Kier molecular flexibility index (Phi) is 5.56. The number of hydrogen-bond donors (Lipinski definition) is 1. The van der Waals surface area contributed by atoms with Crippen molar-refractivity contribution in [3.05, 3.63) is 58.3 Å². The maximum absolute atomic E-state index is 13.6. The number of aryl methyl sites for hydroxylation is 1. The maximum Gasteiger partial charge on any atom is 0.293 e. The summed E-state index contributed by atoms with van der Waals surface area (Å²) in [5.41, 5.74) is 8.83. The quantitative estimate of drug-likeness (QED) is 0.489. The number of fused-ring (bicyclic) bond motifs is 2. The molecule has 0 radical (unpaired) electrons. The van der Waals surface area contributed by atoms with Crippen LogP contribution in [-0.2, 0) is 13.1 Å². The molecule has 0 amide bonds. The summed E-state index contributed by atoms with van der Waals surface area (Å²) in [5.74, 6) is 6.76. The van der Waals surface area contributed by atoms with Crippen molar-refractivity contribution >= 4 is 27.8 Å². The summed E-state index contributed by atoms with van der Waals surface area (Å²) in [6.07, 6.45) is 3.66. The van der Waals surface area contributed by atoms with E-state index in [4.69, 9.17) is 15.7 Å². The maximum atomic E-state index is 13.6. The molecule has 0 aliphatic carbocycles. The third-order valence-corrected chi connectivity index (χ3v) is 6.13. The molecule has 4 aromatic rings. The lowest BCUT2D eigenvalue weighted by Gasteiger charge is -2.31. The fourth-order valence-corrected chi connectivity index (χ4v) is 4.61. The number of hydrogen-bond acceptors (Lipinski definition) is 6. The average molecular weight is 442 g/mol. The smallest absolute Gasteiger partial charge is 0.293 e. The Labute approximate surface area is 192 Å². The normalized spacial score (nSPS) is 16.2. The summed E-state index contributed by atoms with van der Waals surface area (Å²) in [7, 11) is 0. The topological polar surface area (TPSA) is 94.9 Å². The van der Waals surface area contributed by atoms with E-state index in [-0.39, 0.29) is 18.1 Å². The molecule has 1 atom stereocenters. The van der Waals surface area contributed by atoms with E-state index in [0.29, 0.717) is 24.1 Å². The number of nitrogens with two attached hydrogens (primary N) is 1. The van der Waals surface area contributed by atoms with Crippen LogP contribution in [0.25, 0.3) is 21.8 Å². The van der Waals surface area contributed by atoms with Gasteiger partial charge in [0.2, 0.25) is 5.95 Å². The molecule has 8 nitrogen and oxygen atoms in total. The van der Waals surface area contributed by atoms with Crippen molar-refractivity contribution < 1.29 is 0 Å². The van der Waals surface area contributed by atoms with Crippen molar-refractivity contribution in [1.29, 1.82) is 0 Å². The molecule has 0 saturated carbocycles. The van der Waals surface area contributed by atoms with Crippen LogP contribution in [0.4, 0.5) is 5.95 Å². The van der Waals surface area contributed by atoms with E-state index in [1.165, 1.54) is 4.68 Å². The zero-order valence-corrected chi connectivity index (χ0v) is 19.0. The summed E-state index contributed by atoms with van der Waals surface area (Å²) in [4.78, 5) is 25.3. The molecule has 8 heteroatoms. The third-order valence-electron chi connectivity index (χ3n) is 6.13. The molecule has 168 valence electrons. The predicted molar refractivity (Wildman–Crippen MR) is 130 cm³/mol. The van der Waals surface area contributed by atoms with Gasteiger partial charge in [0.25, 0.3) is 5.56 Å². The van der Waals surface area contributed by atoms with Crippen LogP contribution < -0.4 is 16.2 Å². The Morgan fingerprint density at radius 2 is 2.09 bits per heavy atom. The Balaban J connectivity index is 1.63. The second kappa shape index (κ2) is 8.68.